The minimum atomic E-state index is 0.0371. The molecular weight excluding hydrogens is 388 g/mol. The van der Waals surface area contributed by atoms with Crippen LogP contribution < -0.4 is 9.47 Å². The highest BCUT2D eigenvalue weighted by Crippen LogP contribution is 2.36. The van der Waals surface area contributed by atoms with Gasteiger partial charge in [-0.3, -0.25) is 4.79 Å². The highest BCUT2D eigenvalue weighted by atomic mass is 16.7. The fourth-order valence-corrected chi connectivity index (χ4v) is 4.40. The first-order chi connectivity index (χ1) is 15.3. The first kappa shape index (κ1) is 18.0. The largest absolute Gasteiger partial charge is 0.454 e. The number of hydrogen-bond acceptors (Lipinski definition) is 4. The summed E-state index contributed by atoms with van der Waals surface area (Å²) in [4.78, 5) is 20.4. The lowest BCUT2D eigenvalue weighted by Crippen LogP contribution is -2.36. The van der Waals surface area contributed by atoms with E-state index in [2.05, 4.69) is 18.2 Å². The predicted octanol–water partition coefficient (Wildman–Crippen LogP) is 4.83. The molecule has 4 aromatic rings. The average molecular weight is 408 g/mol. The Morgan fingerprint density at radius 1 is 0.871 bits per heavy atom. The van der Waals surface area contributed by atoms with Crippen LogP contribution in [0.25, 0.3) is 22.2 Å². The summed E-state index contributed by atoms with van der Waals surface area (Å²) in [6, 6.07) is 23.8. The summed E-state index contributed by atoms with van der Waals surface area (Å²) in [6.45, 7) is 1.57. The quantitative estimate of drug-likeness (QED) is 0.477. The van der Waals surface area contributed by atoms with E-state index in [1.54, 1.807) is 0 Å². The number of rotatable bonds is 2. The van der Waals surface area contributed by atoms with Gasteiger partial charge < -0.3 is 14.4 Å². The van der Waals surface area contributed by atoms with Crippen molar-refractivity contribution in [2.45, 2.75) is 13.0 Å². The van der Waals surface area contributed by atoms with Crippen LogP contribution >= 0.6 is 0 Å². The number of aromatic nitrogens is 1. The summed E-state index contributed by atoms with van der Waals surface area (Å²) in [6.07, 6.45) is 0.875. The van der Waals surface area contributed by atoms with Crippen LogP contribution in [0.15, 0.2) is 72.8 Å². The third-order valence-corrected chi connectivity index (χ3v) is 6.03. The van der Waals surface area contributed by atoms with E-state index in [-0.39, 0.29) is 12.7 Å². The second-order valence-electron chi connectivity index (χ2n) is 7.89. The lowest BCUT2D eigenvalue weighted by Gasteiger charge is -2.29. The number of para-hydroxylation sites is 1. The predicted molar refractivity (Wildman–Crippen MR) is 118 cm³/mol. The molecule has 3 aromatic carbocycles. The third kappa shape index (κ3) is 3.10. The van der Waals surface area contributed by atoms with Crippen LogP contribution in [-0.2, 0) is 13.0 Å². The average Bonchev–Trinajstić information content (AvgIpc) is 3.30. The molecule has 6 rings (SSSR count). The molecule has 1 amide bonds. The molecule has 0 radical (unpaired) electrons. The molecular formula is C26H20N2O3. The molecule has 0 bridgehead atoms. The molecule has 3 heterocycles. The number of carbonyl (C=O) groups excluding carboxylic acids is 1. The van der Waals surface area contributed by atoms with E-state index in [1.807, 2.05) is 59.5 Å². The van der Waals surface area contributed by atoms with Crippen molar-refractivity contribution in [2.24, 2.45) is 0 Å². The standard InChI is InChI=1S/C26H20N2O3/c29-26(28-12-11-17-5-1-2-6-19(17)15-28)21-14-23(27-22-8-4-3-7-20(21)22)18-9-10-24-25(13-18)31-16-30-24/h1-10,13-14H,11-12,15-16H2. The zero-order chi connectivity index (χ0) is 20.8. The minimum absolute atomic E-state index is 0.0371. The molecule has 0 unspecified atom stereocenters. The molecule has 0 fully saturated rings. The molecule has 2 aliphatic rings. The molecule has 2 aliphatic heterocycles. The summed E-state index contributed by atoms with van der Waals surface area (Å²) < 4.78 is 11.0. The van der Waals surface area contributed by atoms with Crippen molar-refractivity contribution in [2.75, 3.05) is 13.3 Å². The van der Waals surface area contributed by atoms with Crippen LogP contribution in [0.3, 0.4) is 0 Å². The number of ether oxygens (including phenoxy) is 2. The molecule has 1 aromatic heterocycles. The number of pyridine rings is 1. The molecule has 0 saturated heterocycles. The van der Waals surface area contributed by atoms with Gasteiger partial charge in [0.05, 0.1) is 16.8 Å². The number of hydrogen-bond donors (Lipinski definition) is 0. The van der Waals surface area contributed by atoms with Crippen LogP contribution in [0.2, 0.25) is 0 Å². The second-order valence-corrected chi connectivity index (χ2v) is 7.89. The minimum Gasteiger partial charge on any atom is -0.454 e. The van der Waals surface area contributed by atoms with Gasteiger partial charge in [-0.05, 0) is 47.9 Å². The van der Waals surface area contributed by atoms with Crippen molar-refractivity contribution in [3.8, 4) is 22.8 Å². The Hall–Kier alpha value is -3.86. The van der Waals surface area contributed by atoms with Crippen molar-refractivity contribution in [1.82, 2.24) is 9.88 Å². The molecule has 31 heavy (non-hydrogen) atoms. The van der Waals surface area contributed by atoms with E-state index in [1.165, 1.54) is 11.1 Å². The Bertz CT molecular complexity index is 1330. The van der Waals surface area contributed by atoms with Crippen molar-refractivity contribution in [3.63, 3.8) is 0 Å². The van der Waals surface area contributed by atoms with Gasteiger partial charge in [-0.15, -0.1) is 0 Å². The van der Waals surface area contributed by atoms with Gasteiger partial charge in [0, 0.05) is 24.0 Å². The van der Waals surface area contributed by atoms with Gasteiger partial charge in [-0.2, -0.15) is 0 Å². The van der Waals surface area contributed by atoms with Gasteiger partial charge in [-0.25, -0.2) is 4.98 Å². The molecule has 0 atom stereocenters. The van der Waals surface area contributed by atoms with Crippen molar-refractivity contribution < 1.29 is 14.3 Å². The number of carbonyl (C=O) groups is 1. The van der Waals surface area contributed by atoms with Gasteiger partial charge >= 0.3 is 0 Å². The van der Waals surface area contributed by atoms with Crippen LogP contribution in [-0.4, -0.2) is 29.1 Å². The molecule has 152 valence electrons. The number of nitrogens with zero attached hydrogens (tertiary/aromatic N) is 2. The Balaban J connectivity index is 1.43. The third-order valence-electron chi connectivity index (χ3n) is 6.03. The number of amides is 1. The first-order valence-electron chi connectivity index (χ1n) is 10.4. The van der Waals surface area contributed by atoms with Crippen LogP contribution in [0.4, 0.5) is 0 Å². The van der Waals surface area contributed by atoms with Crippen molar-refractivity contribution in [1.29, 1.82) is 0 Å². The van der Waals surface area contributed by atoms with E-state index in [0.717, 1.165) is 34.3 Å². The van der Waals surface area contributed by atoms with Gasteiger partial charge in [0.1, 0.15) is 0 Å². The van der Waals surface area contributed by atoms with Gasteiger partial charge in [0.2, 0.25) is 6.79 Å². The smallest absolute Gasteiger partial charge is 0.254 e. The monoisotopic (exact) mass is 408 g/mol. The fraction of sp³-hybridized carbons (Fsp3) is 0.154. The normalized spacial score (nSPS) is 14.5. The Morgan fingerprint density at radius 2 is 1.68 bits per heavy atom. The van der Waals surface area contributed by atoms with E-state index >= 15 is 0 Å². The number of fused-ring (bicyclic) bond motifs is 3. The highest BCUT2D eigenvalue weighted by Gasteiger charge is 2.24. The molecule has 5 heteroatoms. The first-order valence-corrected chi connectivity index (χ1v) is 10.4. The highest BCUT2D eigenvalue weighted by molar-refractivity contribution is 6.07. The number of benzene rings is 3. The van der Waals surface area contributed by atoms with E-state index in [0.29, 0.717) is 24.4 Å². The topological polar surface area (TPSA) is 51.7 Å². The van der Waals surface area contributed by atoms with Gasteiger partial charge in [0.15, 0.2) is 11.5 Å². The van der Waals surface area contributed by atoms with Crippen LogP contribution in [0.1, 0.15) is 21.5 Å². The van der Waals surface area contributed by atoms with E-state index in [9.17, 15) is 4.79 Å². The molecule has 5 nitrogen and oxygen atoms in total. The van der Waals surface area contributed by atoms with E-state index < -0.39 is 0 Å². The summed E-state index contributed by atoms with van der Waals surface area (Å²) in [5.41, 5.74) is 5.67. The maximum atomic E-state index is 13.6. The SMILES string of the molecule is O=C(c1cc(-c2ccc3c(c2)OCO3)nc2ccccc12)N1CCc2ccccc2C1. The van der Waals surface area contributed by atoms with E-state index in [4.69, 9.17) is 14.5 Å². The van der Waals surface area contributed by atoms with Gasteiger partial charge in [0.25, 0.3) is 5.91 Å². The molecule has 0 saturated carbocycles. The lowest BCUT2D eigenvalue weighted by atomic mass is 9.98. The lowest BCUT2D eigenvalue weighted by molar-refractivity contribution is 0.0736. The Morgan fingerprint density at radius 3 is 2.61 bits per heavy atom. The van der Waals surface area contributed by atoms with Crippen LogP contribution in [0, 0.1) is 0 Å². The van der Waals surface area contributed by atoms with Crippen LogP contribution in [0.5, 0.6) is 11.5 Å². The molecule has 0 N–H and O–H groups in total. The molecule has 0 aliphatic carbocycles. The molecule has 0 spiro atoms. The maximum absolute atomic E-state index is 13.6. The second kappa shape index (κ2) is 7.13. The Kier molecular flexibility index (Phi) is 4.13. The summed E-state index contributed by atoms with van der Waals surface area (Å²) in [7, 11) is 0. The van der Waals surface area contributed by atoms with Crippen molar-refractivity contribution >= 4 is 16.8 Å². The summed E-state index contributed by atoms with van der Waals surface area (Å²) in [5.74, 6) is 1.47. The zero-order valence-electron chi connectivity index (χ0n) is 16.9. The summed E-state index contributed by atoms with van der Waals surface area (Å²) in [5, 5.41) is 0.871. The van der Waals surface area contributed by atoms with Crippen molar-refractivity contribution in [3.05, 3.63) is 89.5 Å². The summed E-state index contributed by atoms with van der Waals surface area (Å²) >= 11 is 0. The zero-order valence-corrected chi connectivity index (χ0v) is 16.9. The fourth-order valence-electron chi connectivity index (χ4n) is 4.40. The maximum Gasteiger partial charge on any atom is 0.254 e. The van der Waals surface area contributed by atoms with Gasteiger partial charge in [-0.1, -0.05) is 42.5 Å². The Labute approximate surface area is 179 Å².